The second-order valence-corrected chi connectivity index (χ2v) is 5.54. The molecule has 0 atom stereocenters. The van der Waals surface area contributed by atoms with Gasteiger partial charge in [0.25, 0.3) is 0 Å². The van der Waals surface area contributed by atoms with Gasteiger partial charge >= 0.3 is 5.97 Å². The van der Waals surface area contributed by atoms with Crippen molar-refractivity contribution in [2.45, 2.75) is 12.8 Å². The first-order valence-corrected chi connectivity index (χ1v) is 7.74. The number of aryl methyl sites for hydroxylation is 1. The Balaban J connectivity index is 1.71. The summed E-state index contributed by atoms with van der Waals surface area (Å²) < 4.78 is 0. The van der Waals surface area contributed by atoms with Crippen molar-refractivity contribution in [2.24, 2.45) is 0 Å². The number of carboxylic acid groups (broad SMARTS) is 1. The van der Waals surface area contributed by atoms with Crippen molar-refractivity contribution in [3.8, 4) is 0 Å². The van der Waals surface area contributed by atoms with Gasteiger partial charge in [-0.3, -0.25) is 4.79 Å². The van der Waals surface area contributed by atoms with Crippen LogP contribution in [0.3, 0.4) is 0 Å². The van der Waals surface area contributed by atoms with Gasteiger partial charge < -0.3 is 10.4 Å². The summed E-state index contributed by atoms with van der Waals surface area (Å²) in [4.78, 5) is 23.4. The molecule has 3 aromatic rings. The maximum Gasteiger partial charge on any atom is 0.337 e. The number of hydrogen-bond acceptors (Lipinski definition) is 2. The fourth-order valence-electron chi connectivity index (χ4n) is 2.75. The third kappa shape index (κ3) is 3.43. The number of aromatic carboxylic acids is 1. The van der Waals surface area contributed by atoms with E-state index in [2.05, 4.69) is 5.32 Å². The summed E-state index contributed by atoms with van der Waals surface area (Å²) in [7, 11) is 0. The van der Waals surface area contributed by atoms with Crippen molar-refractivity contribution in [1.82, 2.24) is 0 Å². The van der Waals surface area contributed by atoms with Crippen molar-refractivity contribution in [2.75, 3.05) is 5.32 Å². The highest BCUT2D eigenvalue weighted by Crippen LogP contribution is 2.20. The van der Waals surface area contributed by atoms with E-state index in [1.165, 1.54) is 6.07 Å². The number of carbonyl (C=O) groups is 2. The van der Waals surface area contributed by atoms with E-state index in [1.54, 1.807) is 18.2 Å². The average molecular weight is 319 g/mol. The number of para-hydroxylation sites is 1. The maximum atomic E-state index is 12.2. The molecule has 4 heteroatoms. The van der Waals surface area contributed by atoms with E-state index in [0.29, 0.717) is 18.5 Å². The second kappa shape index (κ2) is 6.96. The lowest BCUT2D eigenvalue weighted by atomic mass is 10.0. The van der Waals surface area contributed by atoms with Crippen molar-refractivity contribution >= 4 is 28.3 Å². The number of hydrogen-bond donors (Lipinski definition) is 2. The van der Waals surface area contributed by atoms with Crippen molar-refractivity contribution in [3.63, 3.8) is 0 Å². The zero-order valence-electron chi connectivity index (χ0n) is 13.0. The Morgan fingerprint density at radius 3 is 2.42 bits per heavy atom. The molecule has 0 saturated heterocycles. The molecule has 0 radical (unpaired) electrons. The van der Waals surface area contributed by atoms with E-state index in [9.17, 15) is 9.59 Å². The summed E-state index contributed by atoms with van der Waals surface area (Å²) in [6.07, 6.45) is 0.893. The summed E-state index contributed by atoms with van der Waals surface area (Å²) in [6.45, 7) is 0. The number of benzene rings is 3. The number of nitrogens with one attached hydrogen (secondary N) is 1. The minimum absolute atomic E-state index is 0.0935. The fourth-order valence-corrected chi connectivity index (χ4v) is 2.75. The van der Waals surface area contributed by atoms with Crippen LogP contribution in [0.15, 0.2) is 66.7 Å². The monoisotopic (exact) mass is 319 g/mol. The summed E-state index contributed by atoms with van der Waals surface area (Å²) in [5.41, 5.74) is 1.53. The molecule has 0 fully saturated rings. The molecule has 120 valence electrons. The van der Waals surface area contributed by atoms with Crippen LogP contribution in [-0.2, 0) is 11.2 Å². The highest BCUT2D eigenvalue weighted by Gasteiger charge is 2.12. The van der Waals surface area contributed by atoms with E-state index in [0.717, 1.165) is 16.3 Å². The molecule has 0 aliphatic rings. The average Bonchev–Trinajstić information content (AvgIpc) is 2.60. The molecule has 0 aromatic heterocycles. The fraction of sp³-hybridized carbons (Fsp3) is 0.100. The molecular formula is C20H17NO3. The van der Waals surface area contributed by atoms with Crippen LogP contribution in [0.2, 0.25) is 0 Å². The molecule has 0 heterocycles. The van der Waals surface area contributed by atoms with Gasteiger partial charge in [-0.15, -0.1) is 0 Å². The molecular weight excluding hydrogens is 302 g/mol. The highest BCUT2D eigenvalue weighted by molar-refractivity contribution is 6.00. The third-order valence-corrected chi connectivity index (χ3v) is 3.93. The summed E-state index contributed by atoms with van der Waals surface area (Å²) in [5, 5.41) is 14.1. The van der Waals surface area contributed by atoms with Gasteiger partial charge in [0, 0.05) is 6.42 Å². The molecule has 4 nitrogen and oxygen atoms in total. The first-order valence-electron chi connectivity index (χ1n) is 7.74. The van der Waals surface area contributed by atoms with Gasteiger partial charge in [0.2, 0.25) is 5.91 Å². The zero-order chi connectivity index (χ0) is 16.9. The predicted octanol–water partition coefficient (Wildman–Crippen LogP) is 4.11. The molecule has 0 spiro atoms. The summed E-state index contributed by atoms with van der Waals surface area (Å²) >= 11 is 0. The van der Waals surface area contributed by atoms with Gasteiger partial charge in [-0.2, -0.15) is 0 Å². The lowest BCUT2D eigenvalue weighted by Gasteiger charge is -2.09. The van der Waals surface area contributed by atoms with Gasteiger partial charge in [-0.1, -0.05) is 54.6 Å². The van der Waals surface area contributed by atoms with Crippen LogP contribution < -0.4 is 5.32 Å². The zero-order valence-corrected chi connectivity index (χ0v) is 13.0. The van der Waals surface area contributed by atoms with Gasteiger partial charge in [-0.25, -0.2) is 4.79 Å². The number of fused-ring (bicyclic) bond motifs is 1. The Kier molecular flexibility index (Phi) is 4.57. The van der Waals surface area contributed by atoms with Crippen LogP contribution in [0.25, 0.3) is 10.8 Å². The number of carbonyl (C=O) groups excluding carboxylic acids is 1. The number of carboxylic acids is 1. The van der Waals surface area contributed by atoms with Crippen LogP contribution in [0, 0.1) is 0 Å². The van der Waals surface area contributed by atoms with Crippen molar-refractivity contribution in [3.05, 3.63) is 77.9 Å². The van der Waals surface area contributed by atoms with Crippen molar-refractivity contribution in [1.29, 1.82) is 0 Å². The topological polar surface area (TPSA) is 66.4 Å². The SMILES string of the molecule is O=C(CCc1cccc2ccccc12)Nc1ccccc1C(=O)O. The molecule has 0 aliphatic carbocycles. The smallest absolute Gasteiger partial charge is 0.337 e. The van der Waals surface area contributed by atoms with E-state index < -0.39 is 5.97 Å². The molecule has 0 unspecified atom stereocenters. The van der Waals surface area contributed by atoms with E-state index in [-0.39, 0.29) is 11.5 Å². The van der Waals surface area contributed by atoms with Gasteiger partial charge in [0.05, 0.1) is 11.3 Å². The Morgan fingerprint density at radius 1 is 0.875 bits per heavy atom. The first-order chi connectivity index (χ1) is 11.6. The number of anilines is 1. The van der Waals surface area contributed by atoms with Crippen LogP contribution in [0.1, 0.15) is 22.3 Å². The quantitative estimate of drug-likeness (QED) is 0.744. The molecule has 0 aliphatic heterocycles. The molecule has 3 aromatic carbocycles. The maximum absolute atomic E-state index is 12.2. The lowest BCUT2D eigenvalue weighted by molar-refractivity contribution is -0.116. The van der Waals surface area contributed by atoms with Gasteiger partial charge in [0.15, 0.2) is 0 Å². The van der Waals surface area contributed by atoms with Gasteiger partial charge in [0.1, 0.15) is 0 Å². The van der Waals surface area contributed by atoms with Crippen LogP contribution in [0.4, 0.5) is 5.69 Å². The van der Waals surface area contributed by atoms with Crippen LogP contribution in [0.5, 0.6) is 0 Å². The van der Waals surface area contributed by atoms with Crippen molar-refractivity contribution < 1.29 is 14.7 Å². The normalized spacial score (nSPS) is 10.5. The Hall–Kier alpha value is -3.14. The van der Waals surface area contributed by atoms with Gasteiger partial charge in [-0.05, 0) is 34.9 Å². The lowest BCUT2D eigenvalue weighted by Crippen LogP contribution is -2.15. The number of rotatable bonds is 5. The molecule has 1 amide bonds. The molecule has 0 bridgehead atoms. The van der Waals surface area contributed by atoms with E-state index in [4.69, 9.17) is 5.11 Å². The third-order valence-electron chi connectivity index (χ3n) is 3.93. The minimum atomic E-state index is -1.06. The largest absolute Gasteiger partial charge is 0.478 e. The molecule has 0 saturated carbocycles. The molecule has 3 rings (SSSR count). The first kappa shape index (κ1) is 15.7. The Morgan fingerprint density at radius 2 is 1.58 bits per heavy atom. The highest BCUT2D eigenvalue weighted by atomic mass is 16.4. The summed E-state index contributed by atoms with van der Waals surface area (Å²) in [5.74, 6) is -1.25. The minimum Gasteiger partial charge on any atom is -0.478 e. The Bertz CT molecular complexity index is 897. The summed E-state index contributed by atoms with van der Waals surface area (Å²) in [6, 6.07) is 20.5. The molecule has 24 heavy (non-hydrogen) atoms. The Labute approximate surface area is 139 Å². The van der Waals surface area contributed by atoms with Crippen LogP contribution in [-0.4, -0.2) is 17.0 Å². The number of amides is 1. The van der Waals surface area contributed by atoms with E-state index >= 15 is 0 Å². The standard InChI is InChI=1S/C20H17NO3/c22-19(21-18-11-4-3-10-17(18)20(23)24)13-12-15-8-5-7-14-6-1-2-9-16(14)15/h1-11H,12-13H2,(H,21,22)(H,23,24). The van der Waals surface area contributed by atoms with E-state index in [1.807, 2.05) is 42.5 Å². The van der Waals surface area contributed by atoms with Crippen LogP contribution >= 0.6 is 0 Å². The molecule has 2 N–H and O–H groups in total. The predicted molar refractivity (Wildman–Crippen MR) is 94.3 cm³/mol. The second-order valence-electron chi connectivity index (χ2n) is 5.54.